The molecular weight excluding hydrogens is 321 g/mol. The van der Waals surface area contributed by atoms with Crippen LogP contribution in [0.25, 0.3) is 22.0 Å². The van der Waals surface area contributed by atoms with Gasteiger partial charge in [-0.05, 0) is 37.3 Å². The molecule has 0 aliphatic rings. The molecule has 0 saturated carbocycles. The molecule has 5 nitrogen and oxygen atoms in total. The number of carbonyl (C=O) groups excluding carboxylic acids is 1. The van der Waals surface area contributed by atoms with Crippen molar-refractivity contribution in [3.63, 3.8) is 0 Å². The lowest BCUT2D eigenvalue weighted by atomic mass is 10.1. The third-order valence-electron chi connectivity index (χ3n) is 3.97. The van der Waals surface area contributed by atoms with Gasteiger partial charge in [0.1, 0.15) is 11.3 Å². The van der Waals surface area contributed by atoms with Gasteiger partial charge in [0.2, 0.25) is 0 Å². The first-order valence-electron chi connectivity index (χ1n) is 7.75. The highest BCUT2D eigenvalue weighted by Crippen LogP contribution is 2.22. The van der Waals surface area contributed by atoms with Crippen LogP contribution in [-0.4, -0.2) is 15.9 Å². The highest BCUT2D eigenvalue weighted by Gasteiger charge is 2.13. The molecule has 2 aromatic heterocycles. The fourth-order valence-electron chi connectivity index (χ4n) is 2.78. The van der Waals surface area contributed by atoms with Crippen LogP contribution in [0.5, 0.6) is 0 Å². The molecule has 6 heteroatoms. The topological polar surface area (TPSA) is 68.0 Å². The van der Waals surface area contributed by atoms with Crippen molar-refractivity contribution in [2.45, 2.75) is 13.8 Å². The molecule has 1 amide bonds. The minimum atomic E-state index is -0.354. The Kier molecular flexibility index (Phi) is 3.46. The molecule has 1 N–H and O–H groups in total. The van der Waals surface area contributed by atoms with Crippen LogP contribution < -0.4 is 5.32 Å². The minimum Gasteiger partial charge on any atom is -0.441 e. The van der Waals surface area contributed by atoms with Crippen molar-refractivity contribution in [3.8, 4) is 0 Å². The summed E-state index contributed by atoms with van der Waals surface area (Å²) in [6, 6.07) is 11.3. The van der Waals surface area contributed by atoms with E-state index in [0.717, 1.165) is 5.52 Å². The number of aryl methyl sites for hydroxylation is 2. The number of anilines is 1. The van der Waals surface area contributed by atoms with Crippen LogP contribution in [0.1, 0.15) is 21.9 Å². The van der Waals surface area contributed by atoms with Gasteiger partial charge in [0, 0.05) is 30.1 Å². The number of pyridine rings is 1. The van der Waals surface area contributed by atoms with Gasteiger partial charge in [-0.3, -0.25) is 9.78 Å². The number of hydrogen-bond acceptors (Lipinski definition) is 4. The third kappa shape index (κ3) is 2.82. The fraction of sp³-hybridized carbons (Fsp3) is 0.105. The maximum atomic E-state index is 13.3. The number of benzene rings is 2. The Morgan fingerprint density at radius 2 is 1.88 bits per heavy atom. The van der Waals surface area contributed by atoms with E-state index in [2.05, 4.69) is 15.3 Å². The standard InChI is InChI=1S/C19H14FN3O2/c1-10-15(7-12-3-4-13(20)8-17(12)21-10)19(24)23-14-5-6-16-18(9-14)25-11(2)22-16/h3-9H,1-2H3,(H,23,24). The minimum absolute atomic E-state index is 0.285. The van der Waals surface area contributed by atoms with E-state index in [0.29, 0.717) is 39.3 Å². The van der Waals surface area contributed by atoms with Crippen LogP contribution in [0.3, 0.4) is 0 Å². The summed E-state index contributed by atoms with van der Waals surface area (Å²) in [5.74, 6) is -0.0700. The molecule has 0 bridgehead atoms. The largest absolute Gasteiger partial charge is 0.441 e. The zero-order valence-electron chi connectivity index (χ0n) is 13.6. The molecule has 4 rings (SSSR count). The van der Waals surface area contributed by atoms with Gasteiger partial charge < -0.3 is 9.73 Å². The number of nitrogens with zero attached hydrogens (tertiary/aromatic N) is 2. The number of amides is 1. The van der Waals surface area contributed by atoms with Gasteiger partial charge in [0.05, 0.1) is 16.8 Å². The summed E-state index contributed by atoms with van der Waals surface area (Å²) >= 11 is 0. The van der Waals surface area contributed by atoms with Crippen molar-refractivity contribution < 1.29 is 13.6 Å². The lowest BCUT2D eigenvalue weighted by Gasteiger charge is -2.09. The molecule has 0 atom stereocenters. The lowest BCUT2D eigenvalue weighted by molar-refractivity contribution is 0.102. The number of hydrogen-bond donors (Lipinski definition) is 1. The Hall–Kier alpha value is -3.28. The molecule has 0 fully saturated rings. The van der Waals surface area contributed by atoms with E-state index in [4.69, 9.17) is 4.42 Å². The summed E-state index contributed by atoms with van der Waals surface area (Å²) in [7, 11) is 0. The molecular formula is C19H14FN3O2. The first kappa shape index (κ1) is 15.3. The van der Waals surface area contributed by atoms with E-state index in [9.17, 15) is 9.18 Å². The summed E-state index contributed by atoms with van der Waals surface area (Å²) in [6.07, 6.45) is 0. The van der Waals surface area contributed by atoms with Crippen molar-refractivity contribution in [1.29, 1.82) is 0 Å². The smallest absolute Gasteiger partial charge is 0.257 e. The van der Waals surface area contributed by atoms with Crippen molar-refractivity contribution in [2.24, 2.45) is 0 Å². The number of fused-ring (bicyclic) bond motifs is 2. The van der Waals surface area contributed by atoms with Crippen molar-refractivity contribution in [2.75, 3.05) is 5.32 Å². The van der Waals surface area contributed by atoms with Gasteiger partial charge in [-0.15, -0.1) is 0 Å². The van der Waals surface area contributed by atoms with Gasteiger partial charge in [-0.1, -0.05) is 0 Å². The van der Waals surface area contributed by atoms with Crippen LogP contribution in [0.4, 0.5) is 10.1 Å². The molecule has 0 aliphatic carbocycles. The first-order chi connectivity index (χ1) is 12.0. The van der Waals surface area contributed by atoms with Crippen LogP contribution in [0, 0.1) is 19.7 Å². The number of oxazole rings is 1. The van der Waals surface area contributed by atoms with Crippen LogP contribution in [0.15, 0.2) is 46.9 Å². The Balaban J connectivity index is 1.68. The average Bonchev–Trinajstić information content (AvgIpc) is 2.93. The van der Waals surface area contributed by atoms with Crippen LogP contribution in [-0.2, 0) is 0 Å². The van der Waals surface area contributed by atoms with Crippen LogP contribution in [0.2, 0.25) is 0 Å². The lowest BCUT2D eigenvalue weighted by Crippen LogP contribution is -2.14. The Morgan fingerprint density at radius 1 is 1.04 bits per heavy atom. The highest BCUT2D eigenvalue weighted by atomic mass is 19.1. The van der Waals surface area contributed by atoms with Gasteiger partial charge >= 0.3 is 0 Å². The number of rotatable bonds is 2. The number of aromatic nitrogens is 2. The summed E-state index contributed by atoms with van der Waals surface area (Å²) < 4.78 is 18.8. The van der Waals surface area contributed by atoms with E-state index in [1.54, 1.807) is 44.2 Å². The zero-order chi connectivity index (χ0) is 17.6. The van der Waals surface area contributed by atoms with Gasteiger partial charge in [0.15, 0.2) is 11.5 Å². The first-order valence-corrected chi connectivity index (χ1v) is 7.75. The average molecular weight is 335 g/mol. The Morgan fingerprint density at radius 3 is 2.72 bits per heavy atom. The van der Waals surface area contributed by atoms with Crippen molar-refractivity contribution in [3.05, 3.63) is 65.4 Å². The van der Waals surface area contributed by atoms with Crippen molar-refractivity contribution >= 4 is 33.6 Å². The third-order valence-corrected chi connectivity index (χ3v) is 3.97. The van der Waals surface area contributed by atoms with E-state index < -0.39 is 0 Å². The second-order valence-electron chi connectivity index (χ2n) is 5.83. The molecule has 25 heavy (non-hydrogen) atoms. The normalized spacial score (nSPS) is 11.2. The van der Waals surface area contributed by atoms with E-state index in [1.165, 1.54) is 12.1 Å². The van der Waals surface area contributed by atoms with E-state index in [-0.39, 0.29) is 11.7 Å². The second-order valence-corrected chi connectivity index (χ2v) is 5.83. The van der Waals surface area contributed by atoms with E-state index >= 15 is 0 Å². The summed E-state index contributed by atoms with van der Waals surface area (Å²) in [5.41, 5.74) is 3.44. The SMILES string of the molecule is Cc1nc2ccc(NC(=O)c3cc4ccc(F)cc4nc3C)cc2o1. The van der Waals surface area contributed by atoms with Crippen molar-refractivity contribution in [1.82, 2.24) is 9.97 Å². The Bertz CT molecular complexity index is 1130. The van der Waals surface area contributed by atoms with Gasteiger partial charge in [-0.2, -0.15) is 0 Å². The molecule has 2 heterocycles. The number of nitrogens with one attached hydrogen (secondary N) is 1. The monoisotopic (exact) mass is 335 g/mol. The molecule has 0 aliphatic heterocycles. The van der Waals surface area contributed by atoms with Crippen LogP contribution >= 0.6 is 0 Å². The summed E-state index contributed by atoms with van der Waals surface area (Å²) in [6.45, 7) is 3.49. The molecule has 0 spiro atoms. The quantitative estimate of drug-likeness (QED) is 0.590. The summed E-state index contributed by atoms with van der Waals surface area (Å²) in [4.78, 5) is 21.2. The molecule has 0 unspecified atom stereocenters. The molecule has 2 aromatic carbocycles. The fourth-order valence-corrected chi connectivity index (χ4v) is 2.78. The van der Waals surface area contributed by atoms with Gasteiger partial charge in [-0.25, -0.2) is 9.37 Å². The highest BCUT2D eigenvalue weighted by molar-refractivity contribution is 6.07. The number of halogens is 1. The maximum Gasteiger partial charge on any atom is 0.257 e. The zero-order valence-corrected chi connectivity index (χ0v) is 13.6. The predicted octanol–water partition coefficient (Wildman–Crippen LogP) is 4.38. The van der Waals surface area contributed by atoms with Gasteiger partial charge in [0.25, 0.3) is 5.91 Å². The number of carbonyl (C=O) groups is 1. The Labute approximate surface area is 142 Å². The predicted molar refractivity (Wildman–Crippen MR) is 93.1 cm³/mol. The molecule has 0 saturated heterocycles. The maximum absolute atomic E-state index is 13.3. The molecule has 124 valence electrons. The molecule has 0 radical (unpaired) electrons. The summed E-state index contributed by atoms with van der Waals surface area (Å²) in [5, 5.41) is 3.54. The molecule has 4 aromatic rings. The second kappa shape index (κ2) is 5.66. The van der Waals surface area contributed by atoms with E-state index in [1.807, 2.05) is 0 Å².